The molecule has 7 heteroatoms. The van der Waals surface area contributed by atoms with Gasteiger partial charge in [-0.25, -0.2) is 0 Å². The summed E-state index contributed by atoms with van der Waals surface area (Å²) in [6, 6.07) is 15.7. The van der Waals surface area contributed by atoms with E-state index >= 15 is 0 Å². The highest BCUT2D eigenvalue weighted by Crippen LogP contribution is 2.26. The molecule has 0 saturated heterocycles. The maximum Gasteiger partial charge on any atom is 0.257 e. The van der Waals surface area contributed by atoms with Crippen molar-refractivity contribution in [2.24, 2.45) is 0 Å². The van der Waals surface area contributed by atoms with Gasteiger partial charge in [0.15, 0.2) is 5.82 Å². The number of benzene rings is 2. The van der Waals surface area contributed by atoms with E-state index in [-0.39, 0.29) is 11.3 Å². The molecule has 0 spiro atoms. The quantitative estimate of drug-likeness (QED) is 0.549. The molecule has 0 radical (unpaired) electrons. The Labute approximate surface area is 167 Å². The van der Waals surface area contributed by atoms with E-state index in [9.17, 15) is 4.79 Å². The predicted octanol–water partition coefficient (Wildman–Crippen LogP) is 4.71. The summed E-state index contributed by atoms with van der Waals surface area (Å²) in [5.41, 5.74) is 3.91. The fourth-order valence-electron chi connectivity index (χ4n) is 2.92. The van der Waals surface area contributed by atoms with E-state index in [1.807, 2.05) is 55.5 Å². The zero-order chi connectivity index (χ0) is 19.9. The van der Waals surface area contributed by atoms with Gasteiger partial charge in [-0.1, -0.05) is 68.0 Å². The first-order chi connectivity index (χ1) is 13.3. The Kier molecular flexibility index (Phi) is 4.47. The van der Waals surface area contributed by atoms with Crippen molar-refractivity contribution < 1.29 is 4.79 Å². The highest BCUT2D eigenvalue weighted by Gasteiger charge is 2.17. The molecule has 0 aliphatic heterocycles. The average molecular weight is 392 g/mol. The predicted molar refractivity (Wildman–Crippen MR) is 112 cm³/mol. The zero-order valence-corrected chi connectivity index (χ0v) is 17.0. The second-order valence-electron chi connectivity index (χ2n) is 7.78. The van der Waals surface area contributed by atoms with Crippen LogP contribution in [0.1, 0.15) is 42.3 Å². The van der Waals surface area contributed by atoms with Crippen LogP contribution in [0, 0.1) is 6.92 Å². The van der Waals surface area contributed by atoms with Crippen LogP contribution in [-0.2, 0) is 5.41 Å². The lowest BCUT2D eigenvalue weighted by atomic mass is 9.87. The van der Waals surface area contributed by atoms with Crippen molar-refractivity contribution in [3.8, 4) is 11.4 Å². The monoisotopic (exact) mass is 391 g/mol. The third-order valence-electron chi connectivity index (χ3n) is 4.50. The topological polar surface area (TPSA) is 72.2 Å². The number of nitrogens with zero attached hydrogens (tertiary/aromatic N) is 4. The molecule has 0 fully saturated rings. The van der Waals surface area contributed by atoms with Gasteiger partial charge in [0, 0.05) is 11.1 Å². The van der Waals surface area contributed by atoms with Gasteiger partial charge < -0.3 is 0 Å². The fraction of sp³-hybridized carbons (Fsp3) is 0.238. The number of carbonyl (C=O) groups excluding carboxylic acids is 1. The molecule has 0 atom stereocenters. The Bertz CT molecular complexity index is 1150. The molecule has 0 saturated carbocycles. The summed E-state index contributed by atoms with van der Waals surface area (Å²) in [6.45, 7) is 8.47. The number of anilines is 1. The molecule has 142 valence electrons. The number of nitrogens with one attached hydrogen (secondary N) is 1. The SMILES string of the molecule is Cc1cccc(-c2nnc3sc(NC(=O)c4ccc(C(C)(C)C)cc4)nn23)c1. The van der Waals surface area contributed by atoms with E-state index in [2.05, 4.69) is 41.4 Å². The Morgan fingerprint density at radius 3 is 2.50 bits per heavy atom. The highest BCUT2D eigenvalue weighted by atomic mass is 32.1. The molecule has 2 aromatic heterocycles. The lowest BCUT2D eigenvalue weighted by molar-refractivity contribution is 0.102. The van der Waals surface area contributed by atoms with Gasteiger partial charge in [0.25, 0.3) is 5.91 Å². The van der Waals surface area contributed by atoms with Gasteiger partial charge in [0.1, 0.15) is 0 Å². The normalized spacial score (nSPS) is 11.7. The second-order valence-corrected chi connectivity index (χ2v) is 8.73. The van der Waals surface area contributed by atoms with Crippen LogP contribution in [-0.4, -0.2) is 25.7 Å². The Hall–Kier alpha value is -3.06. The van der Waals surface area contributed by atoms with Gasteiger partial charge in [0.2, 0.25) is 10.1 Å². The average Bonchev–Trinajstić information content (AvgIpc) is 3.21. The van der Waals surface area contributed by atoms with Gasteiger partial charge >= 0.3 is 0 Å². The number of rotatable bonds is 3. The Morgan fingerprint density at radius 2 is 1.82 bits per heavy atom. The molecule has 4 aromatic rings. The maximum absolute atomic E-state index is 12.6. The molecule has 1 N–H and O–H groups in total. The summed E-state index contributed by atoms with van der Waals surface area (Å²) in [7, 11) is 0. The first-order valence-corrected chi connectivity index (χ1v) is 9.84. The summed E-state index contributed by atoms with van der Waals surface area (Å²) in [5.74, 6) is 0.465. The van der Waals surface area contributed by atoms with Crippen LogP contribution in [0.5, 0.6) is 0 Å². The smallest absolute Gasteiger partial charge is 0.257 e. The minimum Gasteiger partial charge on any atom is -0.296 e. The van der Waals surface area contributed by atoms with Gasteiger partial charge in [-0.15, -0.1) is 15.3 Å². The number of carbonyl (C=O) groups is 1. The minimum absolute atomic E-state index is 0.0504. The van der Waals surface area contributed by atoms with Crippen LogP contribution in [0.2, 0.25) is 0 Å². The van der Waals surface area contributed by atoms with Crippen molar-refractivity contribution in [3.63, 3.8) is 0 Å². The molecular formula is C21H21N5OS. The van der Waals surface area contributed by atoms with E-state index in [0.717, 1.165) is 11.1 Å². The highest BCUT2D eigenvalue weighted by molar-refractivity contribution is 7.20. The summed E-state index contributed by atoms with van der Waals surface area (Å²) in [4.78, 5) is 13.2. The van der Waals surface area contributed by atoms with E-state index < -0.39 is 0 Å². The van der Waals surface area contributed by atoms with E-state index in [1.54, 1.807) is 4.52 Å². The second kappa shape index (κ2) is 6.83. The lowest BCUT2D eigenvalue weighted by Gasteiger charge is -2.18. The van der Waals surface area contributed by atoms with Gasteiger partial charge in [-0.05, 0) is 36.1 Å². The van der Waals surface area contributed by atoms with E-state index in [4.69, 9.17) is 0 Å². The third-order valence-corrected chi connectivity index (χ3v) is 5.31. The van der Waals surface area contributed by atoms with Crippen LogP contribution in [0.3, 0.4) is 0 Å². The van der Waals surface area contributed by atoms with E-state index in [0.29, 0.717) is 21.5 Å². The summed E-state index contributed by atoms with van der Waals surface area (Å²) in [6.07, 6.45) is 0. The van der Waals surface area contributed by atoms with Crippen molar-refractivity contribution in [2.45, 2.75) is 33.1 Å². The number of amides is 1. The van der Waals surface area contributed by atoms with Gasteiger partial charge in [-0.2, -0.15) is 4.52 Å². The number of hydrogen-bond acceptors (Lipinski definition) is 5. The van der Waals surface area contributed by atoms with Crippen molar-refractivity contribution >= 4 is 27.3 Å². The van der Waals surface area contributed by atoms with Crippen molar-refractivity contribution in [1.29, 1.82) is 0 Å². The summed E-state index contributed by atoms with van der Waals surface area (Å²) in [5, 5.41) is 16.2. The molecular weight excluding hydrogens is 370 g/mol. The van der Waals surface area contributed by atoms with Crippen molar-refractivity contribution in [3.05, 3.63) is 65.2 Å². The molecule has 28 heavy (non-hydrogen) atoms. The molecule has 0 aliphatic carbocycles. The lowest BCUT2D eigenvalue weighted by Crippen LogP contribution is -2.14. The number of aryl methyl sites for hydroxylation is 1. The largest absolute Gasteiger partial charge is 0.296 e. The van der Waals surface area contributed by atoms with Crippen LogP contribution >= 0.6 is 11.3 Å². The van der Waals surface area contributed by atoms with Crippen LogP contribution < -0.4 is 5.32 Å². The maximum atomic E-state index is 12.6. The van der Waals surface area contributed by atoms with Gasteiger partial charge in [0.05, 0.1) is 0 Å². The molecule has 2 heterocycles. The third kappa shape index (κ3) is 3.53. The molecule has 2 aromatic carbocycles. The van der Waals surface area contributed by atoms with Gasteiger partial charge in [-0.3, -0.25) is 10.1 Å². The molecule has 0 aliphatic rings. The summed E-state index contributed by atoms with van der Waals surface area (Å²) < 4.78 is 1.66. The number of fused-ring (bicyclic) bond motifs is 1. The first-order valence-electron chi connectivity index (χ1n) is 9.02. The number of hydrogen-bond donors (Lipinski definition) is 1. The van der Waals surface area contributed by atoms with Crippen molar-refractivity contribution in [1.82, 2.24) is 19.8 Å². The first kappa shape index (κ1) is 18.3. The van der Waals surface area contributed by atoms with Crippen LogP contribution in [0.25, 0.3) is 16.3 Å². The van der Waals surface area contributed by atoms with Crippen LogP contribution in [0.4, 0.5) is 5.13 Å². The Balaban J connectivity index is 1.58. The Morgan fingerprint density at radius 1 is 1.07 bits per heavy atom. The molecule has 0 bridgehead atoms. The zero-order valence-electron chi connectivity index (χ0n) is 16.2. The molecule has 4 rings (SSSR count). The summed E-state index contributed by atoms with van der Waals surface area (Å²) >= 11 is 1.29. The number of aromatic nitrogens is 4. The minimum atomic E-state index is -0.192. The molecule has 0 unspecified atom stereocenters. The molecule has 6 nitrogen and oxygen atoms in total. The standard InChI is InChI=1S/C21H21N5OS/c1-13-6-5-7-15(12-13)17-23-24-20-26(17)25-19(28-20)22-18(27)14-8-10-16(11-9-14)21(2,3)4/h5-12H,1-4H3,(H,22,25,27). The van der Waals surface area contributed by atoms with E-state index in [1.165, 1.54) is 16.9 Å². The van der Waals surface area contributed by atoms with Crippen LogP contribution in [0.15, 0.2) is 48.5 Å². The van der Waals surface area contributed by atoms with Crippen molar-refractivity contribution in [2.75, 3.05) is 5.32 Å². The molecule has 1 amide bonds. The fourth-order valence-corrected chi connectivity index (χ4v) is 3.66.